The Morgan fingerprint density at radius 1 is 1.33 bits per heavy atom. The summed E-state index contributed by atoms with van der Waals surface area (Å²) in [6.07, 6.45) is 5.68. The molecule has 18 heavy (non-hydrogen) atoms. The zero-order valence-electron chi connectivity index (χ0n) is 9.99. The van der Waals surface area contributed by atoms with Crippen molar-refractivity contribution in [3.05, 3.63) is 21.1 Å². The molecule has 1 heterocycles. The second-order valence-corrected chi connectivity index (χ2v) is 7.97. The molecule has 4 nitrogen and oxygen atoms in total. The van der Waals surface area contributed by atoms with Crippen LogP contribution < -0.4 is 0 Å². The van der Waals surface area contributed by atoms with Gasteiger partial charge < -0.3 is 0 Å². The van der Waals surface area contributed by atoms with Crippen molar-refractivity contribution < 1.29 is 8.42 Å². The second-order valence-electron chi connectivity index (χ2n) is 4.68. The minimum absolute atomic E-state index is 0.167. The van der Waals surface area contributed by atoms with E-state index in [2.05, 4.69) is 25.9 Å². The lowest BCUT2D eigenvalue weighted by Gasteiger charge is -2.13. The zero-order chi connectivity index (χ0) is 13.3. The third-order valence-electron chi connectivity index (χ3n) is 3.02. The van der Waals surface area contributed by atoms with E-state index in [0.29, 0.717) is 15.5 Å². The molecule has 1 aromatic rings. The third-order valence-corrected chi connectivity index (χ3v) is 5.08. The van der Waals surface area contributed by atoms with Crippen LogP contribution in [-0.4, -0.2) is 24.6 Å². The van der Waals surface area contributed by atoms with Crippen molar-refractivity contribution in [3.8, 4) is 0 Å². The number of nitrogens with zero attached hydrogens (tertiary/aromatic N) is 2. The summed E-state index contributed by atoms with van der Waals surface area (Å²) in [5.41, 5.74) is 0.853. The van der Waals surface area contributed by atoms with E-state index in [-0.39, 0.29) is 11.6 Å². The SMILES string of the molecule is CS(=O)(=O)Cc1nc(Cl)c(Br)c(C2CCCC2)n1. The number of aromatic nitrogens is 2. The number of hydrogen-bond donors (Lipinski definition) is 0. The Kier molecular flexibility index (Phi) is 4.29. The molecule has 1 aliphatic rings. The molecule has 0 radical (unpaired) electrons. The van der Waals surface area contributed by atoms with Gasteiger partial charge in [0.05, 0.1) is 10.2 Å². The fraction of sp³-hybridized carbons (Fsp3) is 0.636. The van der Waals surface area contributed by atoms with Crippen LogP contribution in [0.3, 0.4) is 0 Å². The van der Waals surface area contributed by atoms with Crippen LogP contribution >= 0.6 is 27.5 Å². The maximum absolute atomic E-state index is 11.3. The molecule has 0 bridgehead atoms. The van der Waals surface area contributed by atoms with E-state index in [0.717, 1.165) is 18.5 Å². The van der Waals surface area contributed by atoms with Crippen molar-refractivity contribution in [2.45, 2.75) is 37.4 Å². The van der Waals surface area contributed by atoms with Crippen molar-refractivity contribution in [1.82, 2.24) is 9.97 Å². The first kappa shape index (κ1) is 14.2. The quantitative estimate of drug-likeness (QED) is 0.783. The number of halogens is 2. The highest BCUT2D eigenvalue weighted by molar-refractivity contribution is 9.10. The lowest BCUT2D eigenvalue weighted by atomic mass is 10.0. The predicted octanol–water partition coefficient (Wildman–Crippen LogP) is 3.09. The van der Waals surface area contributed by atoms with Crippen LogP contribution in [0.1, 0.15) is 43.1 Å². The predicted molar refractivity (Wildman–Crippen MR) is 74.5 cm³/mol. The topological polar surface area (TPSA) is 59.9 Å². The normalized spacial score (nSPS) is 17.3. The molecule has 0 aliphatic heterocycles. The molecular weight excluding hydrogens is 340 g/mol. The molecule has 7 heteroatoms. The van der Waals surface area contributed by atoms with E-state index in [1.165, 1.54) is 19.1 Å². The Bertz CT molecular complexity index is 556. The smallest absolute Gasteiger partial charge is 0.154 e. The van der Waals surface area contributed by atoms with Gasteiger partial charge in [-0.2, -0.15) is 0 Å². The standard InChI is InChI=1S/C11H14BrClN2O2S/c1-18(16,17)6-8-14-10(7-4-2-3-5-7)9(12)11(13)15-8/h7H,2-6H2,1H3. The average Bonchev–Trinajstić information content (AvgIpc) is 2.74. The molecule has 0 saturated heterocycles. The van der Waals surface area contributed by atoms with Gasteiger partial charge in [0.25, 0.3) is 0 Å². The number of sulfone groups is 1. The molecule has 0 amide bonds. The summed E-state index contributed by atoms with van der Waals surface area (Å²) in [6.45, 7) is 0. The summed E-state index contributed by atoms with van der Waals surface area (Å²) in [4.78, 5) is 8.40. The summed E-state index contributed by atoms with van der Waals surface area (Å²) in [5, 5.41) is 0.297. The molecular formula is C11H14BrClN2O2S. The fourth-order valence-corrected chi connectivity index (χ4v) is 3.54. The Labute approximate surface area is 120 Å². The molecule has 0 aromatic carbocycles. The first-order valence-corrected chi connectivity index (χ1v) is 8.99. The van der Waals surface area contributed by atoms with Gasteiger partial charge in [0.15, 0.2) is 9.84 Å². The summed E-state index contributed by atoms with van der Waals surface area (Å²) >= 11 is 9.43. The minimum Gasteiger partial charge on any atom is -0.235 e. The van der Waals surface area contributed by atoms with E-state index in [9.17, 15) is 8.42 Å². The largest absolute Gasteiger partial charge is 0.235 e. The molecule has 1 aliphatic carbocycles. The molecule has 1 aromatic heterocycles. The highest BCUT2D eigenvalue weighted by atomic mass is 79.9. The molecule has 0 unspecified atom stereocenters. The third kappa shape index (κ3) is 3.42. The first-order valence-electron chi connectivity index (χ1n) is 5.76. The van der Waals surface area contributed by atoms with Gasteiger partial charge >= 0.3 is 0 Å². The van der Waals surface area contributed by atoms with Gasteiger partial charge in [-0.05, 0) is 28.8 Å². The summed E-state index contributed by atoms with van der Waals surface area (Å²) < 4.78 is 23.3. The molecule has 0 spiro atoms. The van der Waals surface area contributed by atoms with Crippen molar-refractivity contribution in [1.29, 1.82) is 0 Å². The number of hydrogen-bond acceptors (Lipinski definition) is 4. The van der Waals surface area contributed by atoms with Gasteiger partial charge in [0.2, 0.25) is 0 Å². The Morgan fingerprint density at radius 2 is 1.94 bits per heavy atom. The highest BCUT2D eigenvalue weighted by Crippen LogP contribution is 2.38. The van der Waals surface area contributed by atoms with Crippen molar-refractivity contribution in [3.63, 3.8) is 0 Å². The molecule has 2 rings (SSSR count). The van der Waals surface area contributed by atoms with Gasteiger partial charge in [0, 0.05) is 12.2 Å². The Balaban J connectivity index is 2.39. The van der Waals surface area contributed by atoms with Gasteiger partial charge in [-0.25, -0.2) is 18.4 Å². The molecule has 0 atom stereocenters. The van der Waals surface area contributed by atoms with Crippen LogP contribution in [0.2, 0.25) is 5.15 Å². The van der Waals surface area contributed by atoms with Gasteiger partial charge in [-0.3, -0.25) is 0 Å². The molecule has 100 valence electrons. The Hall–Kier alpha value is -0.200. The zero-order valence-corrected chi connectivity index (χ0v) is 13.1. The highest BCUT2D eigenvalue weighted by Gasteiger charge is 2.24. The summed E-state index contributed by atoms with van der Waals surface area (Å²) in [7, 11) is -3.15. The number of rotatable bonds is 3. The lowest BCUT2D eigenvalue weighted by molar-refractivity contribution is 0.598. The maximum atomic E-state index is 11.3. The van der Waals surface area contributed by atoms with Crippen LogP contribution in [0.25, 0.3) is 0 Å². The van der Waals surface area contributed by atoms with E-state index in [1.54, 1.807) is 0 Å². The second kappa shape index (κ2) is 5.43. The van der Waals surface area contributed by atoms with Gasteiger partial charge in [-0.1, -0.05) is 24.4 Å². The summed E-state index contributed by atoms with van der Waals surface area (Å²) in [6, 6.07) is 0. The average molecular weight is 354 g/mol. The van der Waals surface area contributed by atoms with E-state index in [4.69, 9.17) is 11.6 Å². The van der Waals surface area contributed by atoms with Crippen LogP contribution in [-0.2, 0) is 15.6 Å². The van der Waals surface area contributed by atoms with Crippen molar-refractivity contribution in [2.24, 2.45) is 0 Å². The van der Waals surface area contributed by atoms with E-state index < -0.39 is 9.84 Å². The van der Waals surface area contributed by atoms with Crippen molar-refractivity contribution >= 4 is 37.4 Å². The van der Waals surface area contributed by atoms with Crippen LogP contribution in [0.15, 0.2) is 4.47 Å². The monoisotopic (exact) mass is 352 g/mol. The molecule has 0 N–H and O–H groups in total. The lowest BCUT2D eigenvalue weighted by Crippen LogP contribution is -2.09. The van der Waals surface area contributed by atoms with Gasteiger partial charge in [0.1, 0.15) is 16.7 Å². The maximum Gasteiger partial charge on any atom is 0.154 e. The van der Waals surface area contributed by atoms with Crippen LogP contribution in [0.5, 0.6) is 0 Å². The minimum atomic E-state index is -3.15. The first-order chi connectivity index (χ1) is 8.37. The molecule has 1 fully saturated rings. The molecule has 1 saturated carbocycles. The Morgan fingerprint density at radius 3 is 2.50 bits per heavy atom. The summed E-state index contributed by atoms with van der Waals surface area (Å²) in [5.74, 6) is 0.477. The van der Waals surface area contributed by atoms with E-state index in [1.807, 2.05) is 0 Å². The van der Waals surface area contributed by atoms with Gasteiger partial charge in [-0.15, -0.1) is 0 Å². The van der Waals surface area contributed by atoms with Crippen molar-refractivity contribution in [2.75, 3.05) is 6.26 Å². The van der Waals surface area contributed by atoms with E-state index >= 15 is 0 Å². The van der Waals surface area contributed by atoms with Crippen LogP contribution in [0.4, 0.5) is 0 Å². The fourth-order valence-electron chi connectivity index (χ4n) is 2.25. The van der Waals surface area contributed by atoms with Crippen LogP contribution in [0, 0.1) is 0 Å².